The predicted octanol–water partition coefficient (Wildman–Crippen LogP) is 1.79. The first-order chi connectivity index (χ1) is 6.65. The molecule has 0 aliphatic carbocycles. The zero-order valence-corrected chi connectivity index (χ0v) is 9.71. The molecule has 0 aromatic carbocycles. The average Bonchev–Trinajstić information content (AvgIpc) is 2.27. The molecule has 0 amide bonds. The molecule has 1 unspecified atom stereocenters. The van der Waals surface area contributed by atoms with Crippen molar-refractivity contribution >= 4 is 5.84 Å². The quantitative estimate of drug-likeness (QED) is 0.540. The molecule has 82 valence electrons. The third kappa shape index (κ3) is 2.98. The lowest BCUT2D eigenvalue weighted by Gasteiger charge is -2.30. The van der Waals surface area contributed by atoms with Crippen LogP contribution in [0.2, 0.25) is 0 Å². The second-order valence-electron chi connectivity index (χ2n) is 4.35. The largest absolute Gasteiger partial charge is 0.357 e. The molecule has 1 rings (SSSR count). The molecule has 1 fully saturated rings. The van der Waals surface area contributed by atoms with Gasteiger partial charge in [-0.3, -0.25) is 5.41 Å². The van der Waals surface area contributed by atoms with E-state index in [2.05, 4.69) is 30.7 Å². The molecule has 1 N–H and O–H groups in total. The number of nitrogens with one attached hydrogen (secondary N) is 1. The number of amidine groups is 1. The van der Waals surface area contributed by atoms with Gasteiger partial charge in [-0.05, 0) is 33.4 Å². The van der Waals surface area contributed by atoms with Gasteiger partial charge in [0.2, 0.25) is 0 Å². The molecule has 1 saturated heterocycles. The maximum atomic E-state index is 7.98. The van der Waals surface area contributed by atoms with Crippen molar-refractivity contribution < 1.29 is 0 Å². The Kier molecular flexibility index (Phi) is 4.39. The first kappa shape index (κ1) is 11.5. The third-order valence-corrected chi connectivity index (χ3v) is 2.88. The number of nitrogens with zero attached hydrogens (tertiary/aromatic N) is 2. The van der Waals surface area contributed by atoms with Crippen molar-refractivity contribution in [3.63, 3.8) is 0 Å². The van der Waals surface area contributed by atoms with Crippen LogP contribution >= 0.6 is 0 Å². The minimum atomic E-state index is 0.501. The minimum absolute atomic E-state index is 0.501. The van der Waals surface area contributed by atoms with E-state index in [1.807, 2.05) is 0 Å². The zero-order valence-electron chi connectivity index (χ0n) is 9.71. The highest BCUT2D eigenvalue weighted by Gasteiger charge is 2.20. The van der Waals surface area contributed by atoms with Crippen molar-refractivity contribution in [1.82, 2.24) is 9.80 Å². The van der Waals surface area contributed by atoms with E-state index in [1.165, 1.54) is 13.0 Å². The van der Waals surface area contributed by atoms with Gasteiger partial charge in [-0.15, -0.1) is 0 Å². The molecule has 0 aromatic heterocycles. The van der Waals surface area contributed by atoms with Gasteiger partial charge >= 0.3 is 0 Å². The van der Waals surface area contributed by atoms with Crippen LogP contribution in [0, 0.1) is 5.41 Å². The summed E-state index contributed by atoms with van der Waals surface area (Å²) in [5, 5.41) is 7.98. The van der Waals surface area contributed by atoms with Crippen LogP contribution in [0.15, 0.2) is 0 Å². The van der Waals surface area contributed by atoms with E-state index >= 15 is 0 Å². The van der Waals surface area contributed by atoms with Crippen molar-refractivity contribution in [2.45, 2.75) is 39.2 Å². The summed E-state index contributed by atoms with van der Waals surface area (Å²) in [7, 11) is 2.17. The van der Waals surface area contributed by atoms with Gasteiger partial charge in [0, 0.05) is 25.6 Å². The summed E-state index contributed by atoms with van der Waals surface area (Å²) >= 11 is 0. The molecule has 0 bridgehead atoms. The lowest BCUT2D eigenvalue weighted by atomic mass is 10.2. The van der Waals surface area contributed by atoms with E-state index in [0.29, 0.717) is 6.04 Å². The van der Waals surface area contributed by atoms with Crippen molar-refractivity contribution in [2.24, 2.45) is 0 Å². The second-order valence-corrected chi connectivity index (χ2v) is 4.35. The highest BCUT2D eigenvalue weighted by Crippen LogP contribution is 2.10. The van der Waals surface area contributed by atoms with Crippen LogP contribution in [0.4, 0.5) is 0 Å². The van der Waals surface area contributed by atoms with E-state index in [9.17, 15) is 0 Å². The van der Waals surface area contributed by atoms with Gasteiger partial charge in [0.1, 0.15) is 0 Å². The van der Waals surface area contributed by atoms with Gasteiger partial charge in [-0.1, -0.05) is 6.92 Å². The lowest BCUT2D eigenvalue weighted by molar-refractivity contribution is 0.281. The normalized spacial score (nSPS) is 24.8. The van der Waals surface area contributed by atoms with Crippen LogP contribution in [0.25, 0.3) is 0 Å². The first-order valence-corrected chi connectivity index (χ1v) is 5.67. The Morgan fingerprint density at radius 3 is 2.79 bits per heavy atom. The van der Waals surface area contributed by atoms with Gasteiger partial charge < -0.3 is 9.80 Å². The van der Waals surface area contributed by atoms with Crippen LogP contribution in [0.3, 0.4) is 0 Å². The summed E-state index contributed by atoms with van der Waals surface area (Å²) in [4.78, 5) is 4.64. The van der Waals surface area contributed by atoms with E-state index in [1.54, 1.807) is 0 Å². The maximum absolute atomic E-state index is 7.98. The minimum Gasteiger partial charge on any atom is -0.357 e. The summed E-state index contributed by atoms with van der Waals surface area (Å²) in [5.74, 6) is 0.829. The highest BCUT2D eigenvalue weighted by atomic mass is 15.2. The summed E-state index contributed by atoms with van der Waals surface area (Å²) in [6, 6.07) is 0.501. The molecule has 1 aliphatic heterocycles. The summed E-state index contributed by atoms with van der Waals surface area (Å²) in [6.45, 7) is 7.69. The number of likely N-dealkylation sites (N-methyl/N-ethyl adjacent to an activating group) is 1. The Morgan fingerprint density at radius 2 is 2.14 bits per heavy atom. The number of hydrogen-bond acceptors (Lipinski definition) is 2. The van der Waals surface area contributed by atoms with Crippen LogP contribution < -0.4 is 0 Å². The molecule has 1 atom stereocenters. The van der Waals surface area contributed by atoms with E-state index < -0.39 is 0 Å². The summed E-state index contributed by atoms with van der Waals surface area (Å²) in [6.07, 6.45) is 3.19. The fraction of sp³-hybridized carbons (Fsp3) is 0.909. The van der Waals surface area contributed by atoms with Gasteiger partial charge in [-0.2, -0.15) is 0 Å². The van der Waals surface area contributed by atoms with Crippen LogP contribution in [0.1, 0.15) is 33.1 Å². The smallest absolute Gasteiger partial charge is 0.0960 e. The number of rotatable bonds is 2. The Morgan fingerprint density at radius 1 is 1.43 bits per heavy atom. The van der Waals surface area contributed by atoms with Crippen molar-refractivity contribution in [3.8, 4) is 0 Å². The molecule has 0 saturated carbocycles. The molecule has 3 heteroatoms. The molecular formula is C11H23N3. The van der Waals surface area contributed by atoms with Crippen molar-refractivity contribution in [3.05, 3.63) is 0 Å². The highest BCUT2D eigenvalue weighted by molar-refractivity contribution is 5.79. The Bertz CT molecular complexity index is 191. The molecule has 0 aromatic rings. The molecule has 1 heterocycles. The van der Waals surface area contributed by atoms with Crippen molar-refractivity contribution in [1.29, 1.82) is 5.41 Å². The summed E-state index contributed by atoms with van der Waals surface area (Å²) in [5.41, 5.74) is 0. The van der Waals surface area contributed by atoms with Gasteiger partial charge in [0.15, 0.2) is 0 Å². The average molecular weight is 197 g/mol. The molecule has 1 aliphatic rings. The fourth-order valence-corrected chi connectivity index (χ4v) is 2.15. The zero-order chi connectivity index (χ0) is 10.6. The Labute approximate surface area is 87.6 Å². The van der Waals surface area contributed by atoms with Gasteiger partial charge in [0.25, 0.3) is 0 Å². The standard InChI is InChI=1S/C11H23N3/c1-4-6-11(12)14-8-5-7-13(3)9-10(14)2/h10,12H,4-9H2,1-3H3. The second kappa shape index (κ2) is 5.35. The van der Waals surface area contributed by atoms with E-state index in [0.717, 1.165) is 31.8 Å². The van der Waals surface area contributed by atoms with Crippen molar-refractivity contribution in [2.75, 3.05) is 26.7 Å². The van der Waals surface area contributed by atoms with Gasteiger partial charge in [-0.25, -0.2) is 0 Å². The number of hydrogen-bond donors (Lipinski definition) is 1. The van der Waals surface area contributed by atoms with Crippen LogP contribution in [-0.4, -0.2) is 48.4 Å². The molecule has 14 heavy (non-hydrogen) atoms. The molecule has 3 nitrogen and oxygen atoms in total. The van der Waals surface area contributed by atoms with E-state index in [4.69, 9.17) is 5.41 Å². The topological polar surface area (TPSA) is 30.3 Å². The predicted molar refractivity (Wildman–Crippen MR) is 60.9 cm³/mol. The van der Waals surface area contributed by atoms with Crippen LogP contribution in [-0.2, 0) is 0 Å². The van der Waals surface area contributed by atoms with Gasteiger partial charge in [0.05, 0.1) is 5.84 Å². The first-order valence-electron chi connectivity index (χ1n) is 5.67. The molecule has 0 radical (unpaired) electrons. The summed E-state index contributed by atoms with van der Waals surface area (Å²) < 4.78 is 0. The maximum Gasteiger partial charge on any atom is 0.0960 e. The Hall–Kier alpha value is -0.570. The molecule has 0 spiro atoms. The lowest BCUT2D eigenvalue weighted by Crippen LogP contribution is -2.41. The molecular weight excluding hydrogens is 174 g/mol. The Balaban J connectivity index is 2.53. The SMILES string of the molecule is CCCC(=N)N1CCCN(C)CC1C. The fourth-order valence-electron chi connectivity index (χ4n) is 2.15. The van der Waals surface area contributed by atoms with Crippen LogP contribution in [0.5, 0.6) is 0 Å². The van der Waals surface area contributed by atoms with E-state index in [-0.39, 0.29) is 0 Å². The monoisotopic (exact) mass is 197 g/mol. The third-order valence-electron chi connectivity index (χ3n) is 2.88.